The van der Waals surface area contributed by atoms with Crippen molar-refractivity contribution in [3.63, 3.8) is 0 Å². The minimum Gasteiger partial charge on any atom is -0.484 e. The quantitative estimate of drug-likeness (QED) is 0.509. The molecule has 0 spiro atoms. The second kappa shape index (κ2) is 7.52. The van der Waals surface area contributed by atoms with E-state index < -0.39 is 11.5 Å². The van der Waals surface area contributed by atoms with Gasteiger partial charge >= 0.3 is 0 Å². The molecule has 23 heavy (non-hydrogen) atoms. The van der Waals surface area contributed by atoms with E-state index in [1.165, 1.54) is 12.1 Å². The molecule has 0 radical (unpaired) electrons. The molecule has 0 aromatic heterocycles. The molecule has 0 saturated heterocycles. The second-order valence-electron chi connectivity index (χ2n) is 4.83. The van der Waals surface area contributed by atoms with Crippen LogP contribution < -0.4 is 15.8 Å². The van der Waals surface area contributed by atoms with E-state index in [-0.39, 0.29) is 23.8 Å². The van der Waals surface area contributed by atoms with Crippen molar-refractivity contribution in [2.24, 2.45) is 5.73 Å². The summed E-state index contributed by atoms with van der Waals surface area (Å²) in [7, 11) is 0. The molecule has 0 fully saturated rings. The van der Waals surface area contributed by atoms with Crippen LogP contribution in [0.2, 0.25) is 0 Å². The first-order chi connectivity index (χ1) is 11.0. The van der Waals surface area contributed by atoms with E-state index in [9.17, 15) is 20.0 Å². The van der Waals surface area contributed by atoms with Crippen LogP contribution in [0.5, 0.6) is 5.75 Å². The van der Waals surface area contributed by atoms with Gasteiger partial charge in [0, 0.05) is 19.2 Å². The molecule has 0 saturated carbocycles. The van der Waals surface area contributed by atoms with Crippen LogP contribution in [-0.4, -0.2) is 35.6 Å². The second-order valence-corrected chi connectivity index (χ2v) is 4.83. The Hall–Kier alpha value is -2.71. The van der Waals surface area contributed by atoms with Crippen LogP contribution in [-0.2, 0) is 11.4 Å². The molecule has 2 rings (SSSR count). The maximum Gasteiger partial charge on any atom is 0.275 e. The molecule has 8 nitrogen and oxygen atoms in total. The van der Waals surface area contributed by atoms with E-state index in [0.29, 0.717) is 29.6 Å². The first-order valence-corrected chi connectivity index (χ1v) is 6.96. The third-order valence-corrected chi connectivity index (χ3v) is 3.21. The van der Waals surface area contributed by atoms with Crippen LogP contribution in [0.1, 0.15) is 5.56 Å². The molecule has 0 aliphatic heterocycles. The Labute approximate surface area is 132 Å². The normalized spacial score (nSPS) is 10.5. The maximum atomic E-state index is 11.5. The molecular formula is C15H17N3O5. The summed E-state index contributed by atoms with van der Waals surface area (Å²) in [6.07, 6.45) is 0. The number of benzene rings is 2. The highest BCUT2D eigenvalue weighted by Crippen LogP contribution is 2.28. The van der Waals surface area contributed by atoms with Crippen molar-refractivity contribution in [2.45, 2.75) is 6.61 Å². The van der Waals surface area contributed by atoms with Gasteiger partial charge in [-0.1, -0.05) is 6.07 Å². The molecule has 0 aliphatic carbocycles. The number of hydrogen-bond acceptors (Lipinski definition) is 6. The van der Waals surface area contributed by atoms with Crippen LogP contribution in [0, 0.1) is 10.1 Å². The zero-order valence-corrected chi connectivity index (χ0v) is 12.3. The maximum absolute atomic E-state index is 11.5. The predicted octanol–water partition coefficient (Wildman–Crippen LogP) is 0.694. The van der Waals surface area contributed by atoms with Crippen molar-refractivity contribution in [2.75, 3.05) is 19.7 Å². The van der Waals surface area contributed by atoms with E-state index in [4.69, 9.17) is 10.5 Å². The number of aliphatic hydroxyl groups excluding tert-OH is 1. The van der Waals surface area contributed by atoms with E-state index in [2.05, 4.69) is 5.32 Å². The first kappa shape index (κ1) is 16.7. The summed E-state index contributed by atoms with van der Waals surface area (Å²) in [6.45, 7) is 0.151. The average molecular weight is 319 g/mol. The molecule has 122 valence electrons. The Morgan fingerprint density at radius 2 is 2.09 bits per heavy atom. The molecule has 2 aromatic rings. The molecule has 1 amide bonds. The number of ether oxygens (including phenoxy) is 1. The molecule has 8 heteroatoms. The van der Waals surface area contributed by atoms with Gasteiger partial charge in [0.25, 0.3) is 11.6 Å². The molecule has 0 aliphatic rings. The Morgan fingerprint density at radius 1 is 1.30 bits per heavy atom. The SMILES string of the molecule is NCCNC(=O)COc1ccc2cc([N+](=O)[O-])c(CO)cc2c1. The molecule has 0 unspecified atom stereocenters. The third-order valence-electron chi connectivity index (χ3n) is 3.21. The number of carbonyl (C=O) groups is 1. The fraction of sp³-hybridized carbons (Fsp3) is 0.267. The highest BCUT2D eigenvalue weighted by atomic mass is 16.6. The number of aliphatic hydroxyl groups is 1. The fourth-order valence-corrected chi connectivity index (χ4v) is 2.11. The van der Waals surface area contributed by atoms with Crippen molar-refractivity contribution in [1.82, 2.24) is 5.32 Å². The van der Waals surface area contributed by atoms with Gasteiger partial charge in [-0.2, -0.15) is 0 Å². The fourth-order valence-electron chi connectivity index (χ4n) is 2.11. The average Bonchev–Trinajstić information content (AvgIpc) is 2.56. The smallest absolute Gasteiger partial charge is 0.275 e. The predicted molar refractivity (Wildman–Crippen MR) is 84.1 cm³/mol. The van der Waals surface area contributed by atoms with Crippen molar-refractivity contribution in [3.05, 3.63) is 46.0 Å². The van der Waals surface area contributed by atoms with Crippen LogP contribution in [0.3, 0.4) is 0 Å². The number of rotatable bonds is 7. The van der Waals surface area contributed by atoms with Gasteiger partial charge < -0.3 is 20.9 Å². The number of nitrogens with one attached hydrogen (secondary N) is 1. The van der Waals surface area contributed by atoms with Crippen LogP contribution in [0.4, 0.5) is 5.69 Å². The van der Waals surface area contributed by atoms with Crippen LogP contribution in [0.25, 0.3) is 10.8 Å². The summed E-state index contributed by atoms with van der Waals surface area (Å²) >= 11 is 0. The Balaban J connectivity index is 2.20. The van der Waals surface area contributed by atoms with Gasteiger partial charge in [0.05, 0.1) is 17.1 Å². The molecule has 4 N–H and O–H groups in total. The molecule has 0 bridgehead atoms. The Kier molecular flexibility index (Phi) is 5.45. The summed E-state index contributed by atoms with van der Waals surface area (Å²) in [6, 6.07) is 7.89. The van der Waals surface area contributed by atoms with E-state index in [1.807, 2.05) is 0 Å². The lowest BCUT2D eigenvalue weighted by Gasteiger charge is -2.08. The van der Waals surface area contributed by atoms with Gasteiger partial charge in [-0.25, -0.2) is 0 Å². The third kappa shape index (κ3) is 4.15. The number of fused-ring (bicyclic) bond motifs is 1. The highest BCUT2D eigenvalue weighted by Gasteiger charge is 2.14. The first-order valence-electron chi connectivity index (χ1n) is 6.96. The molecular weight excluding hydrogens is 302 g/mol. The van der Waals surface area contributed by atoms with Gasteiger partial charge in [-0.15, -0.1) is 0 Å². The topological polar surface area (TPSA) is 128 Å². The number of nitrogens with zero attached hydrogens (tertiary/aromatic N) is 1. The standard InChI is InChI=1S/C15H17N3O5/c16-3-4-17-15(20)9-23-13-2-1-10-7-14(18(21)22)12(8-19)5-11(10)6-13/h1-2,5-7,19H,3-4,8-9,16H2,(H,17,20). The van der Waals surface area contributed by atoms with Gasteiger partial charge in [0.2, 0.25) is 0 Å². The van der Waals surface area contributed by atoms with Crippen molar-refractivity contribution >= 4 is 22.4 Å². The lowest BCUT2D eigenvalue weighted by atomic mass is 10.1. The van der Waals surface area contributed by atoms with Crippen LogP contribution in [0.15, 0.2) is 30.3 Å². The largest absolute Gasteiger partial charge is 0.484 e. The highest BCUT2D eigenvalue weighted by molar-refractivity contribution is 5.87. The molecule has 0 atom stereocenters. The van der Waals surface area contributed by atoms with Crippen molar-refractivity contribution in [3.8, 4) is 5.75 Å². The lowest BCUT2D eigenvalue weighted by Crippen LogP contribution is -2.32. The van der Waals surface area contributed by atoms with Crippen molar-refractivity contribution < 1.29 is 19.6 Å². The lowest BCUT2D eigenvalue weighted by molar-refractivity contribution is -0.385. The van der Waals surface area contributed by atoms with Gasteiger partial charge in [0.1, 0.15) is 5.75 Å². The Morgan fingerprint density at radius 3 is 2.74 bits per heavy atom. The summed E-state index contributed by atoms with van der Waals surface area (Å²) in [5.41, 5.74) is 5.38. The number of nitro benzene ring substituents is 1. The minimum atomic E-state index is -0.531. The van der Waals surface area contributed by atoms with Gasteiger partial charge in [0.15, 0.2) is 6.61 Å². The van der Waals surface area contributed by atoms with Crippen LogP contribution >= 0.6 is 0 Å². The summed E-state index contributed by atoms with van der Waals surface area (Å²) in [5.74, 6) is 0.174. The monoisotopic (exact) mass is 319 g/mol. The van der Waals surface area contributed by atoms with Gasteiger partial charge in [-0.3, -0.25) is 14.9 Å². The molecule has 0 heterocycles. The number of hydrogen-bond donors (Lipinski definition) is 3. The van der Waals surface area contributed by atoms with Gasteiger partial charge in [-0.05, 0) is 29.0 Å². The molecule has 2 aromatic carbocycles. The summed E-state index contributed by atoms with van der Waals surface area (Å²) in [4.78, 5) is 21.9. The van der Waals surface area contributed by atoms with Crippen molar-refractivity contribution in [1.29, 1.82) is 0 Å². The zero-order chi connectivity index (χ0) is 16.8. The van der Waals surface area contributed by atoms with E-state index in [0.717, 1.165) is 0 Å². The summed E-state index contributed by atoms with van der Waals surface area (Å²) < 4.78 is 5.37. The number of amides is 1. The number of nitro groups is 1. The van der Waals surface area contributed by atoms with E-state index in [1.54, 1.807) is 18.2 Å². The minimum absolute atomic E-state index is 0.130. The summed E-state index contributed by atoms with van der Waals surface area (Å²) in [5, 5.41) is 24.1. The zero-order valence-electron chi connectivity index (χ0n) is 12.3. The number of nitrogens with two attached hydrogens (primary N) is 1. The van der Waals surface area contributed by atoms with E-state index >= 15 is 0 Å². The Bertz CT molecular complexity index is 732. The number of carbonyl (C=O) groups excluding carboxylic acids is 1.